The highest BCUT2D eigenvalue weighted by Crippen LogP contribution is 2.31. The summed E-state index contributed by atoms with van der Waals surface area (Å²) in [5.74, 6) is -3.56. The molecule has 0 bridgehead atoms. The van der Waals surface area contributed by atoms with Crippen molar-refractivity contribution >= 4 is 34.9 Å². The van der Waals surface area contributed by atoms with E-state index in [4.69, 9.17) is 14.2 Å². The molecule has 1 amide bonds. The van der Waals surface area contributed by atoms with Gasteiger partial charge in [-0.2, -0.15) is 0 Å². The number of ether oxygens (including phenoxy) is 4. The predicted octanol–water partition coefficient (Wildman–Crippen LogP) is 4.91. The Morgan fingerprint density at radius 1 is 0.950 bits per heavy atom. The van der Waals surface area contributed by atoms with Crippen molar-refractivity contribution in [3.05, 3.63) is 83.4 Å². The number of hydrogen-bond acceptors (Lipinski definition) is 9. The minimum absolute atomic E-state index is 0.00841. The lowest BCUT2D eigenvalue weighted by atomic mass is 10.0. The largest absolute Gasteiger partial charge is 0.497 e. The van der Waals surface area contributed by atoms with Crippen molar-refractivity contribution in [3.8, 4) is 22.6 Å². The molecular formula is C28H25F2NO8S. The summed E-state index contributed by atoms with van der Waals surface area (Å²) in [5, 5.41) is 1.47. The molecule has 0 radical (unpaired) electrons. The maximum Gasteiger partial charge on any atom is 0.372 e. The molecule has 3 aromatic rings. The van der Waals surface area contributed by atoms with Gasteiger partial charge in [-0.3, -0.25) is 4.79 Å². The molecular weight excluding hydrogens is 548 g/mol. The van der Waals surface area contributed by atoms with Crippen LogP contribution >= 0.6 is 11.8 Å². The lowest BCUT2D eigenvalue weighted by Gasteiger charge is -2.15. The molecule has 0 aliphatic carbocycles. The van der Waals surface area contributed by atoms with Crippen molar-refractivity contribution in [2.75, 3.05) is 20.0 Å². The first-order valence-corrected chi connectivity index (χ1v) is 12.7. The van der Waals surface area contributed by atoms with Crippen LogP contribution in [0.15, 0.2) is 60.7 Å². The number of amides is 1. The maximum absolute atomic E-state index is 14.4. The number of rotatable bonds is 10. The average molecular weight is 574 g/mol. The van der Waals surface area contributed by atoms with Crippen LogP contribution in [0.2, 0.25) is 0 Å². The zero-order chi connectivity index (χ0) is 29.2. The van der Waals surface area contributed by atoms with Crippen molar-refractivity contribution < 1.29 is 46.9 Å². The summed E-state index contributed by atoms with van der Waals surface area (Å²) in [6, 6.07) is 12.6. The molecule has 0 heterocycles. The van der Waals surface area contributed by atoms with E-state index in [1.807, 2.05) is 0 Å². The second-order valence-electron chi connectivity index (χ2n) is 8.20. The number of thioether (sulfide) groups is 1. The van der Waals surface area contributed by atoms with Crippen LogP contribution in [0.4, 0.5) is 13.6 Å². The molecule has 3 aromatic carbocycles. The van der Waals surface area contributed by atoms with Gasteiger partial charge >= 0.3 is 17.2 Å². The fourth-order valence-corrected chi connectivity index (χ4v) is 4.12. The van der Waals surface area contributed by atoms with Gasteiger partial charge in [0.15, 0.2) is 0 Å². The van der Waals surface area contributed by atoms with Gasteiger partial charge in [0, 0.05) is 24.3 Å². The Morgan fingerprint density at radius 3 is 2.30 bits per heavy atom. The van der Waals surface area contributed by atoms with Crippen LogP contribution in [0.5, 0.6) is 11.5 Å². The van der Waals surface area contributed by atoms with Gasteiger partial charge in [0.1, 0.15) is 41.3 Å². The van der Waals surface area contributed by atoms with Gasteiger partial charge < -0.3 is 24.3 Å². The highest BCUT2D eigenvalue weighted by atomic mass is 32.2. The van der Waals surface area contributed by atoms with E-state index in [1.54, 1.807) is 24.3 Å². The van der Waals surface area contributed by atoms with Crippen LogP contribution < -0.4 is 14.8 Å². The van der Waals surface area contributed by atoms with Crippen molar-refractivity contribution in [1.29, 1.82) is 0 Å². The Kier molecular flexibility index (Phi) is 10.6. The average Bonchev–Trinajstić information content (AvgIpc) is 2.94. The zero-order valence-corrected chi connectivity index (χ0v) is 22.5. The molecule has 0 saturated heterocycles. The summed E-state index contributed by atoms with van der Waals surface area (Å²) >= 11 is 0.561. The van der Waals surface area contributed by atoms with Gasteiger partial charge in [0.2, 0.25) is 5.91 Å². The van der Waals surface area contributed by atoms with Crippen LogP contribution in [0.3, 0.4) is 0 Å². The third-order valence-electron chi connectivity index (χ3n) is 5.39. The Morgan fingerprint density at radius 2 is 1.68 bits per heavy atom. The molecule has 40 heavy (non-hydrogen) atoms. The summed E-state index contributed by atoms with van der Waals surface area (Å²) in [4.78, 5) is 48.9. The summed E-state index contributed by atoms with van der Waals surface area (Å²) in [7, 11) is 2.65. The van der Waals surface area contributed by atoms with Gasteiger partial charge in [-0.25, -0.2) is 23.2 Å². The smallest absolute Gasteiger partial charge is 0.372 e. The molecule has 1 N–H and O–H groups in total. The van der Waals surface area contributed by atoms with Gasteiger partial charge in [-0.05, 0) is 59.3 Å². The molecule has 3 rings (SSSR count). The van der Waals surface area contributed by atoms with Gasteiger partial charge in [0.25, 0.3) is 0 Å². The van der Waals surface area contributed by atoms with Crippen LogP contribution in [-0.2, 0) is 25.7 Å². The Bertz CT molecular complexity index is 1400. The zero-order valence-electron chi connectivity index (χ0n) is 21.7. The number of nitrogens with one attached hydrogen (secondary N) is 1. The lowest BCUT2D eigenvalue weighted by molar-refractivity contribution is -0.144. The minimum atomic E-state index is -1.11. The fraction of sp³-hybridized carbons (Fsp3) is 0.214. The topological polar surface area (TPSA) is 117 Å². The van der Waals surface area contributed by atoms with Crippen molar-refractivity contribution in [1.82, 2.24) is 5.32 Å². The maximum atomic E-state index is 14.4. The van der Waals surface area contributed by atoms with E-state index < -0.39 is 40.8 Å². The predicted molar refractivity (Wildman–Crippen MR) is 142 cm³/mol. The lowest BCUT2D eigenvalue weighted by Crippen LogP contribution is -2.42. The summed E-state index contributed by atoms with van der Waals surface area (Å²) < 4.78 is 48.3. The molecule has 1 atom stereocenters. The number of benzene rings is 3. The number of carbonyl (C=O) groups excluding carboxylic acids is 4. The quantitative estimate of drug-likeness (QED) is 0.338. The molecule has 210 valence electrons. The first kappa shape index (κ1) is 30.1. The van der Waals surface area contributed by atoms with Crippen molar-refractivity contribution in [2.24, 2.45) is 0 Å². The molecule has 0 saturated carbocycles. The molecule has 0 aromatic heterocycles. The Labute approximate surface area is 232 Å². The van der Waals surface area contributed by atoms with E-state index in [2.05, 4.69) is 10.1 Å². The molecule has 0 spiro atoms. The third kappa shape index (κ3) is 8.27. The molecule has 1 unspecified atom stereocenters. The number of carbonyl (C=O) groups is 4. The number of halogens is 2. The van der Waals surface area contributed by atoms with E-state index in [0.717, 1.165) is 13.2 Å². The minimum Gasteiger partial charge on any atom is -0.497 e. The Balaban J connectivity index is 1.84. The SMILES string of the molecule is COC(=O)C(CSC(=O)Oc1ccc(-c2ccc(F)cc2F)cc1C(=O)OCc1ccc(OC)cc1)NC(C)=O. The van der Waals surface area contributed by atoms with Gasteiger partial charge in [-0.15, -0.1) is 0 Å². The summed E-state index contributed by atoms with van der Waals surface area (Å²) in [6.07, 6.45) is 0. The molecule has 12 heteroatoms. The van der Waals surface area contributed by atoms with Crippen molar-refractivity contribution in [2.45, 2.75) is 19.6 Å². The van der Waals surface area contributed by atoms with Crippen LogP contribution in [0.25, 0.3) is 11.1 Å². The second-order valence-corrected chi connectivity index (χ2v) is 9.15. The Hall–Kier alpha value is -4.45. The monoisotopic (exact) mass is 573 g/mol. The highest BCUT2D eigenvalue weighted by Gasteiger charge is 2.24. The van der Waals surface area contributed by atoms with E-state index in [-0.39, 0.29) is 34.8 Å². The van der Waals surface area contributed by atoms with E-state index in [0.29, 0.717) is 29.1 Å². The van der Waals surface area contributed by atoms with Crippen LogP contribution in [-0.4, -0.2) is 49.2 Å². The summed E-state index contributed by atoms with van der Waals surface area (Å²) in [6.45, 7) is 1.08. The fourth-order valence-electron chi connectivity index (χ4n) is 3.44. The number of esters is 2. The first-order chi connectivity index (χ1) is 19.1. The van der Waals surface area contributed by atoms with Gasteiger partial charge in [-0.1, -0.05) is 18.2 Å². The molecule has 0 aliphatic rings. The summed E-state index contributed by atoms with van der Waals surface area (Å²) in [5.41, 5.74) is 0.665. The van der Waals surface area contributed by atoms with Gasteiger partial charge in [0.05, 0.1) is 14.2 Å². The van der Waals surface area contributed by atoms with E-state index in [9.17, 15) is 28.0 Å². The highest BCUT2D eigenvalue weighted by molar-refractivity contribution is 8.13. The molecule has 0 aliphatic heterocycles. The second kappa shape index (κ2) is 14.1. The first-order valence-electron chi connectivity index (χ1n) is 11.7. The number of methoxy groups -OCH3 is 2. The number of hydrogen-bond donors (Lipinski definition) is 1. The van der Waals surface area contributed by atoms with Crippen LogP contribution in [0, 0.1) is 11.6 Å². The normalized spacial score (nSPS) is 11.2. The van der Waals surface area contributed by atoms with Crippen molar-refractivity contribution in [3.63, 3.8) is 0 Å². The standard InChI is InChI=1S/C28H25F2NO8S/c1-16(32)31-24(27(34)37-3)15-40-28(35)39-25-11-6-18(21-10-7-19(29)13-23(21)30)12-22(25)26(33)38-14-17-4-8-20(36-2)9-5-17/h4-13,24H,14-15H2,1-3H3,(H,31,32). The molecule has 0 fully saturated rings. The third-order valence-corrected chi connectivity index (χ3v) is 6.21. The van der Waals surface area contributed by atoms with E-state index >= 15 is 0 Å². The van der Waals surface area contributed by atoms with Crippen LogP contribution in [0.1, 0.15) is 22.8 Å². The molecule has 9 nitrogen and oxygen atoms in total. The van der Waals surface area contributed by atoms with E-state index in [1.165, 1.54) is 38.3 Å².